The Kier molecular flexibility index (Phi) is 3.54. The zero-order valence-electron chi connectivity index (χ0n) is 9.77. The predicted molar refractivity (Wildman–Crippen MR) is 67.9 cm³/mol. The van der Waals surface area contributed by atoms with E-state index in [-0.39, 0.29) is 5.78 Å². The highest BCUT2D eigenvalue weighted by Crippen LogP contribution is 2.21. The lowest BCUT2D eigenvalue weighted by molar-refractivity contribution is 0.104. The maximum Gasteiger partial charge on any atom is 0.204 e. The Morgan fingerprint density at radius 2 is 2.24 bits per heavy atom. The Hall–Kier alpha value is -1.68. The van der Waals surface area contributed by atoms with Crippen LogP contribution in [0.4, 0.5) is 0 Å². The van der Waals surface area contributed by atoms with Crippen molar-refractivity contribution in [1.29, 1.82) is 0 Å². The van der Waals surface area contributed by atoms with Gasteiger partial charge in [-0.2, -0.15) is 0 Å². The maximum absolute atomic E-state index is 12.2. The molecule has 0 aliphatic heterocycles. The van der Waals surface area contributed by atoms with Crippen molar-refractivity contribution in [2.24, 2.45) is 0 Å². The van der Waals surface area contributed by atoms with E-state index in [2.05, 4.69) is 11.9 Å². The van der Waals surface area contributed by atoms with Gasteiger partial charge in [-0.25, -0.2) is 0 Å². The summed E-state index contributed by atoms with van der Waals surface area (Å²) in [5.41, 5.74) is 0.564. The van der Waals surface area contributed by atoms with E-state index in [9.17, 15) is 4.79 Å². The molecule has 0 radical (unpaired) electrons. The number of rotatable bonds is 4. The van der Waals surface area contributed by atoms with Crippen molar-refractivity contribution >= 4 is 17.1 Å². The summed E-state index contributed by atoms with van der Waals surface area (Å²) in [5, 5.41) is 0. The van der Waals surface area contributed by atoms with E-state index in [1.54, 1.807) is 25.6 Å². The van der Waals surface area contributed by atoms with E-state index in [1.807, 2.05) is 12.1 Å². The number of thiophene rings is 1. The van der Waals surface area contributed by atoms with Crippen molar-refractivity contribution in [3.63, 3.8) is 0 Å². The van der Waals surface area contributed by atoms with E-state index < -0.39 is 0 Å². The number of ether oxygens (including phenoxy) is 1. The van der Waals surface area contributed by atoms with Gasteiger partial charge in [0, 0.05) is 16.6 Å². The third kappa shape index (κ3) is 2.53. The number of hydrogen-bond acceptors (Lipinski definition) is 4. The van der Waals surface area contributed by atoms with Gasteiger partial charge < -0.3 is 4.74 Å². The zero-order chi connectivity index (χ0) is 12.3. The third-order valence-electron chi connectivity index (χ3n) is 2.44. The monoisotopic (exact) mass is 247 g/mol. The smallest absolute Gasteiger partial charge is 0.204 e. The van der Waals surface area contributed by atoms with Crippen LogP contribution in [-0.2, 0) is 6.42 Å². The van der Waals surface area contributed by atoms with Crippen LogP contribution in [0.1, 0.15) is 27.0 Å². The molecule has 3 nitrogen and oxygen atoms in total. The molecule has 2 aromatic heterocycles. The number of methoxy groups -OCH3 is 1. The van der Waals surface area contributed by atoms with E-state index in [0.717, 1.165) is 11.3 Å². The SMILES string of the molecule is CCc1ccc(C(=O)c2cncc(OC)c2)s1. The molecular formula is C13H13NO2S. The van der Waals surface area contributed by atoms with Gasteiger partial charge in [0.25, 0.3) is 0 Å². The van der Waals surface area contributed by atoms with Crippen LogP contribution in [0.25, 0.3) is 0 Å². The van der Waals surface area contributed by atoms with Crippen LogP contribution >= 0.6 is 11.3 Å². The number of nitrogens with zero attached hydrogens (tertiary/aromatic N) is 1. The van der Waals surface area contributed by atoms with Crippen LogP contribution in [0.3, 0.4) is 0 Å². The Bertz CT molecular complexity index is 534. The van der Waals surface area contributed by atoms with Gasteiger partial charge in [-0.05, 0) is 24.6 Å². The minimum absolute atomic E-state index is 0.00102. The predicted octanol–water partition coefficient (Wildman–Crippen LogP) is 2.95. The molecule has 2 rings (SSSR count). The number of aryl methyl sites for hydroxylation is 1. The fraction of sp³-hybridized carbons (Fsp3) is 0.231. The molecule has 0 N–H and O–H groups in total. The number of aromatic nitrogens is 1. The second-order valence-electron chi connectivity index (χ2n) is 3.56. The van der Waals surface area contributed by atoms with Crippen LogP contribution in [0, 0.1) is 0 Å². The van der Waals surface area contributed by atoms with Gasteiger partial charge in [-0.15, -0.1) is 11.3 Å². The van der Waals surface area contributed by atoms with Crippen LogP contribution in [0.15, 0.2) is 30.6 Å². The standard InChI is InChI=1S/C13H13NO2S/c1-3-11-4-5-12(17-11)13(15)9-6-10(16-2)8-14-7-9/h4-8H,3H2,1-2H3. The highest BCUT2D eigenvalue weighted by atomic mass is 32.1. The lowest BCUT2D eigenvalue weighted by Gasteiger charge is -2.01. The second-order valence-corrected chi connectivity index (χ2v) is 4.73. The van der Waals surface area contributed by atoms with E-state index in [1.165, 1.54) is 16.2 Å². The summed E-state index contributed by atoms with van der Waals surface area (Å²) < 4.78 is 5.06. The van der Waals surface area contributed by atoms with Gasteiger partial charge in [-0.1, -0.05) is 6.92 Å². The van der Waals surface area contributed by atoms with Gasteiger partial charge in [0.05, 0.1) is 18.2 Å². The van der Waals surface area contributed by atoms with Crippen molar-refractivity contribution in [3.05, 3.63) is 45.9 Å². The Morgan fingerprint density at radius 3 is 2.88 bits per heavy atom. The number of carbonyl (C=O) groups is 1. The van der Waals surface area contributed by atoms with Crippen LogP contribution in [0.5, 0.6) is 5.75 Å². The molecular weight excluding hydrogens is 234 g/mol. The first-order chi connectivity index (χ1) is 8.24. The number of pyridine rings is 1. The number of ketones is 1. The minimum atomic E-state index is 0.00102. The summed E-state index contributed by atoms with van der Waals surface area (Å²) in [5.74, 6) is 0.601. The molecule has 2 heterocycles. The summed E-state index contributed by atoms with van der Waals surface area (Å²) in [6, 6.07) is 5.57. The molecule has 17 heavy (non-hydrogen) atoms. The first-order valence-electron chi connectivity index (χ1n) is 5.37. The largest absolute Gasteiger partial charge is 0.495 e. The van der Waals surface area contributed by atoms with Crippen molar-refractivity contribution in [3.8, 4) is 5.75 Å². The molecule has 2 aromatic rings. The molecule has 0 amide bonds. The fourth-order valence-corrected chi connectivity index (χ4v) is 2.40. The second kappa shape index (κ2) is 5.10. The first kappa shape index (κ1) is 11.8. The maximum atomic E-state index is 12.2. The fourth-order valence-electron chi connectivity index (χ4n) is 1.49. The highest BCUT2D eigenvalue weighted by Gasteiger charge is 2.12. The molecule has 0 saturated heterocycles. The highest BCUT2D eigenvalue weighted by molar-refractivity contribution is 7.14. The average molecular weight is 247 g/mol. The van der Waals surface area contributed by atoms with E-state index in [4.69, 9.17) is 4.74 Å². The Balaban J connectivity index is 2.29. The summed E-state index contributed by atoms with van der Waals surface area (Å²) >= 11 is 1.53. The average Bonchev–Trinajstić information content (AvgIpc) is 2.86. The lowest BCUT2D eigenvalue weighted by atomic mass is 10.1. The summed E-state index contributed by atoms with van der Waals surface area (Å²) in [4.78, 5) is 18.1. The molecule has 0 aliphatic rings. The van der Waals surface area contributed by atoms with Gasteiger partial charge >= 0.3 is 0 Å². The zero-order valence-corrected chi connectivity index (χ0v) is 10.6. The molecule has 4 heteroatoms. The first-order valence-corrected chi connectivity index (χ1v) is 6.18. The minimum Gasteiger partial charge on any atom is -0.495 e. The normalized spacial score (nSPS) is 10.2. The molecule has 88 valence electrons. The molecule has 0 aliphatic carbocycles. The van der Waals surface area contributed by atoms with Crippen molar-refractivity contribution in [2.75, 3.05) is 7.11 Å². The molecule has 0 fully saturated rings. The number of hydrogen-bond donors (Lipinski definition) is 0. The van der Waals surface area contributed by atoms with Gasteiger partial charge in [0.1, 0.15) is 5.75 Å². The molecule has 0 bridgehead atoms. The molecule has 0 saturated carbocycles. The van der Waals surface area contributed by atoms with Crippen molar-refractivity contribution < 1.29 is 9.53 Å². The third-order valence-corrected chi connectivity index (χ3v) is 3.67. The van der Waals surface area contributed by atoms with Crippen LogP contribution in [-0.4, -0.2) is 17.9 Å². The van der Waals surface area contributed by atoms with Crippen LogP contribution in [0.2, 0.25) is 0 Å². The van der Waals surface area contributed by atoms with E-state index in [0.29, 0.717) is 11.3 Å². The van der Waals surface area contributed by atoms with Gasteiger partial charge in [-0.3, -0.25) is 9.78 Å². The van der Waals surface area contributed by atoms with Crippen LogP contribution < -0.4 is 4.74 Å². The molecule has 0 atom stereocenters. The molecule has 0 aromatic carbocycles. The van der Waals surface area contributed by atoms with Crippen molar-refractivity contribution in [1.82, 2.24) is 4.98 Å². The quantitative estimate of drug-likeness (QED) is 0.780. The molecule has 0 spiro atoms. The van der Waals surface area contributed by atoms with Gasteiger partial charge in [0.15, 0.2) is 0 Å². The summed E-state index contributed by atoms with van der Waals surface area (Å²) in [6.07, 6.45) is 4.10. The van der Waals surface area contributed by atoms with Crippen molar-refractivity contribution in [2.45, 2.75) is 13.3 Å². The topological polar surface area (TPSA) is 39.2 Å². The molecule has 0 unspecified atom stereocenters. The Labute approximate surface area is 104 Å². The summed E-state index contributed by atoms with van der Waals surface area (Å²) in [6.45, 7) is 2.08. The van der Waals surface area contributed by atoms with E-state index >= 15 is 0 Å². The number of carbonyl (C=O) groups excluding carboxylic acids is 1. The summed E-state index contributed by atoms with van der Waals surface area (Å²) in [7, 11) is 1.56. The lowest BCUT2D eigenvalue weighted by Crippen LogP contribution is -1.99. The Morgan fingerprint density at radius 1 is 1.41 bits per heavy atom. The van der Waals surface area contributed by atoms with Gasteiger partial charge in [0.2, 0.25) is 5.78 Å².